The molecular formula is C22H23N3O2. The highest BCUT2D eigenvalue weighted by molar-refractivity contribution is 6.02. The van der Waals surface area contributed by atoms with Crippen LogP contribution in [0.3, 0.4) is 0 Å². The second-order valence-corrected chi connectivity index (χ2v) is 6.94. The predicted molar refractivity (Wildman–Crippen MR) is 109 cm³/mol. The van der Waals surface area contributed by atoms with Gasteiger partial charge in [0.05, 0.1) is 23.8 Å². The molecule has 0 atom stereocenters. The summed E-state index contributed by atoms with van der Waals surface area (Å²) in [6, 6.07) is 16.3. The van der Waals surface area contributed by atoms with Gasteiger partial charge in [-0.3, -0.25) is 4.79 Å². The van der Waals surface area contributed by atoms with E-state index in [0.29, 0.717) is 6.04 Å². The highest BCUT2D eigenvalue weighted by atomic mass is 16.5. The molecule has 2 aromatic heterocycles. The Hall–Kier alpha value is -3.21. The average molecular weight is 361 g/mol. The normalized spacial score (nSPS) is 11.4. The van der Waals surface area contributed by atoms with Crippen LogP contribution in [0.5, 0.6) is 5.75 Å². The van der Waals surface area contributed by atoms with E-state index in [2.05, 4.69) is 42.1 Å². The van der Waals surface area contributed by atoms with Crippen LogP contribution in [0.4, 0.5) is 5.69 Å². The third kappa shape index (κ3) is 3.05. The molecule has 0 unspecified atom stereocenters. The van der Waals surface area contributed by atoms with E-state index in [-0.39, 0.29) is 12.5 Å². The molecule has 0 spiro atoms. The quantitative estimate of drug-likeness (QED) is 0.554. The molecule has 0 aliphatic heterocycles. The van der Waals surface area contributed by atoms with Gasteiger partial charge in [0.1, 0.15) is 12.3 Å². The Balaban J connectivity index is 1.60. The molecule has 5 heteroatoms. The van der Waals surface area contributed by atoms with Crippen LogP contribution in [-0.4, -0.2) is 22.2 Å². The number of ether oxygens (including phenoxy) is 1. The Morgan fingerprint density at radius 1 is 1.00 bits per heavy atom. The third-order valence-electron chi connectivity index (χ3n) is 4.90. The van der Waals surface area contributed by atoms with Gasteiger partial charge in [-0.05, 0) is 50.2 Å². The van der Waals surface area contributed by atoms with Crippen molar-refractivity contribution in [1.29, 1.82) is 0 Å². The van der Waals surface area contributed by atoms with Gasteiger partial charge in [-0.15, -0.1) is 0 Å². The van der Waals surface area contributed by atoms with Gasteiger partial charge in [-0.2, -0.15) is 0 Å². The van der Waals surface area contributed by atoms with Crippen molar-refractivity contribution < 1.29 is 9.53 Å². The van der Waals surface area contributed by atoms with E-state index < -0.39 is 0 Å². The second-order valence-electron chi connectivity index (χ2n) is 6.94. The van der Waals surface area contributed by atoms with Gasteiger partial charge >= 0.3 is 0 Å². The summed E-state index contributed by atoms with van der Waals surface area (Å²) in [5, 5.41) is 5.12. The van der Waals surface area contributed by atoms with E-state index in [9.17, 15) is 4.79 Å². The molecule has 2 aromatic carbocycles. The fourth-order valence-corrected chi connectivity index (χ4v) is 3.60. The van der Waals surface area contributed by atoms with Crippen molar-refractivity contribution in [1.82, 2.24) is 9.13 Å². The number of aromatic nitrogens is 2. The zero-order chi connectivity index (χ0) is 19.0. The fourth-order valence-electron chi connectivity index (χ4n) is 3.60. The van der Waals surface area contributed by atoms with Crippen molar-refractivity contribution in [3.63, 3.8) is 0 Å². The van der Waals surface area contributed by atoms with Gasteiger partial charge in [-0.25, -0.2) is 0 Å². The largest absolute Gasteiger partial charge is 0.496 e. The van der Waals surface area contributed by atoms with Crippen LogP contribution in [0.15, 0.2) is 60.9 Å². The van der Waals surface area contributed by atoms with Crippen LogP contribution in [-0.2, 0) is 11.3 Å². The van der Waals surface area contributed by atoms with Crippen LogP contribution in [0, 0.1) is 0 Å². The monoisotopic (exact) mass is 361 g/mol. The summed E-state index contributed by atoms with van der Waals surface area (Å²) in [6.07, 6.45) is 3.99. The standard InChI is InChI=1S/C22H23N3O2/c1-15(2)25-13-11-16-18(6-4-8-20(16)25)23-22(26)14-24-12-10-17-19(24)7-5-9-21(17)27-3/h4-13,15H,14H2,1-3H3,(H,23,26). The van der Waals surface area contributed by atoms with Gasteiger partial charge in [0, 0.05) is 29.2 Å². The van der Waals surface area contributed by atoms with E-state index >= 15 is 0 Å². The number of carbonyl (C=O) groups is 1. The molecule has 138 valence electrons. The van der Waals surface area contributed by atoms with Gasteiger partial charge in [-0.1, -0.05) is 12.1 Å². The number of hydrogen-bond acceptors (Lipinski definition) is 2. The Morgan fingerprint density at radius 2 is 1.74 bits per heavy atom. The molecule has 0 radical (unpaired) electrons. The molecule has 0 fully saturated rings. The summed E-state index contributed by atoms with van der Waals surface area (Å²) < 4.78 is 9.54. The van der Waals surface area contributed by atoms with E-state index in [0.717, 1.165) is 33.2 Å². The molecular weight excluding hydrogens is 338 g/mol. The minimum Gasteiger partial charge on any atom is -0.496 e. The van der Waals surface area contributed by atoms with Crippen LogP contribution in [0.2, 0.25) is 0 Å². The number of carbonyl (C=O) groups excluding carboxylic acids is 1. The van der Waals surface area contributed by atoms with Crippen molar-refractivity contribution in [3.05, 3.63) is 60.9 Å². The minimum atomic E-state index is -0.0554. The zero-order valence-corrected chi connectivity index (χ0v) is 15.8. The van der Waals surface area contributed by atoms with Gasteiger partial charge in [0.25, 0.3) is 0 Å². The highest BCUT2D eigenvalue weighted by Gasteiger charge is 2.12. The molecule has 1 N–H and O–H groups in total. The maximum absolute atomic E-state index is 12.7. The smallest absolute Gasteiger partial charge is 0.244 e. The SMILES string of the molecule is COc1cccc2c1ccn2CC(=O)Nc1cccc2c1ccn2C(C)C. The van der Waals surface area contributed by atoms with Gasteiger partial charge < -0.3 is 19.2 Å². The number of anilines is 1. The number of benzene rings is 2. The topological polar surface area (TPSA) is 48.2 Å². The first kappa shape index (κ1) is 17.2. The first-order chi connectivity index (χ1) is 13.1. The maximum atomic E-state index is 12.7. The lowest BCUT2D eigenvalue weighted by molar-refractivity contribution is -0.116. The van der Waals surface area contributed by atoms with Gasteiger partial charge in [0.2, 0.25) is 5.91 Å². The summed E-state index contributed by atoms with van der Waals surface area (Å²) in [7, 11) is 1.66. The van der Waals surface area contributed by atoms with E-state index in [4.69, 9.17) is 4.74 Å². The Kier molecular flexibility index (Phi) is 4.36. The van der Waals surface area contributed by atoms with Crippen molar-refractivity contribution in [2.75, 3.05) is 12.4 Å². The summed E-state index contributed by atoms with van der Waals surface area (Å²) in [4.78, 5) is 12.7. The molecule has 0 saturated carbocycles. The molecule has 1 amide bonds. The Labute approximate surface area is 158 Å². The summed E-state index contributed by atoms with van der Waals surface area (Å²) >= 11 is 0. The van der Waals surface area contributed by atoms with E-state index in [1.807, 2.05) is 47.2 Å². The predicted octanol–water partition coefficient (Wildman–Crippen LogP) is 4.82. The third-order valence-corrected chi connectivity index (χ3v) is 4.90. The lowest BCUT2D eigenvalue weighted by Gasteiger charge is -2.12. The molecule has 4 aromatic rings. The first-order valence-corrected chi connectivity index (χ1v) is 9.09. The summed E-state index contributed by atoms with van der Waals surface area (Å²) in [6.45, 7) is 4.55. The number of methoxy groups -OCH3 is 1. The number of fused-ring (bicyclic) bond motifs is 2. The average Bonchev–Trinajstić information content (AvgIpc) is 3.26. The lowest BCUT2D eigenvalue weighted by Crippen LogP contribution is -2.18. The van der Waals surface area contributed by atoms with E-state index in [1.165, 1.54) is 0 Å². The van der Waals surface area contributed by atoms with Crippen molar-refractivity contribution >= 4 is 33.4 Å². The molecule has 4 rings (SSSR count). The molecule has 0 aliphatic carbocycles. The maximum Gasteiger partial charge on any atom is 0.244 e. The Morgan fingerprint density at radius 3 is 2.52 bits per heavy atom. The number of hydrogen-bond donors (Lipinski definition) is 1. The van der Waals surface area contributed by atoms with Crippen LogP contribution >= 0.6 is 0 Å². The molecule has 5 nitrogen and oxygen atoms in total. The molecule has 0 bridgehead atoms. The molecule has 0 saturated heterocycles. The van der Waals surface area contributed by atoms with Gasteiger partial charge in [0.15, 0.2) is 0 Å². The van der Waals surface area contributed by atoms with Crippen LogP contribution in [0.1, 0.15) is 19.9 Å². The zero-order valence-electron chi connectivity index (χ0n) is 15.8. The van der Waals surface area contributed by atoms with Crippen molar-refractivity contribution in [3.8, 4) is 5.75 Å². The van der Waals surface area contributed by atoms with Crippen LogP contribution in [0.25, 0.3) is 21.8 Å². The number of nitrogens with one attached hydrogen (secondary N) is 1. The number of nitrogens with zero attached hydrogens (tertiary/aromatic N) is 2. The second kappa shape index (κ2) is 6.83. The first-order valence-electron chi connectivity index (χ1n) is 9.09. The Bertz CT molecular complexity index is 1120. The minimum absolute atomic E-state index is 0.0554. The van der Waals surface area contributed by atoms with E-state index in [1.54, 1.807) is 7.11 Å². The fraction of sp³-hybridized carbons (Fsp3) is 0.227. The molecule has 2 heterocycles. The van der Waals surface area contributed by atoms with Crippen molar-refractivity contribution in [2.45, 2.75) is 26.4 Å². The molecule has 0 aliphatic rings. The number of rotatable bonds is 5. The highest BCUT2D eigenvalue weighted by Crippen LogP contribution is 2.28. The lowest BCUT2D eigenvalue weighted by atomic mass is 10.2. The number of amides is 1. The molecule has 27 heavy (non-hydrogen) atoms. The van der Waals surface area contributed by atoms with Crippen molar-refractivity contribution in [2.24, 2.45) is 0 Å². The summed E-state index contributed by atoms with van der Waals surface area (Å²) in [5.41, 5.74) is 2.94. The van der Waals surface area contributed by atoms with Crippen LogP contribution < -0.4 is 10.1 Å². The summed E-state index contributed by atoms with van der Waals surface area (Å²) in [5.74, 6) is 0.756.